The van der Waals surface area contributed by atoms with Crippen LogP contribution in [-0.4, -0.2) is 36.3 Å². The molecule has 3 rings (SSSR count). The van der Waals surface area contributed by atoms with Gasteiger partial charge in [-0.2, -0.15) is 4.31 Å². The Hall–Kier alpha value is -1.21. The third kappa shape index (κ3) is 3.35. The minimum absolute atomic E-state index is 0. The van der Waals surface area contributed by atoms with Gasteiger partial charge in [-0.1, -0.05) is 12.1 Å². The van der Waals surface area contributed by atoms with Gasteiger partial charge in [-0.05, 0) is 44.4 Å². The lowest BCUT2D eigenvalue weighted by molar-refractivity contribution is 0.247. The van der Waals surface area contributed by atoms with Gasteiger partial charge in [0.05, 0.1) is 5.52 Å². The monoisotopic (exact) mass is 355 g/mol. The van der Waals surface area contributed by atoms with Gasteiger partial charge < -0.3 is 5.73 Å². The van der Waals surface area contributed by atoms with Gasteiger partial charge in [0.2, 0.25) is 10.0 Å². The van der Waals surface area contributed by atoms with Crippen LogP contribution in [0.4, 0.5) is 0 Å². The number of para-hydroxylation sites is 1. The van der Waals surface area contributed by atoms with Crippen molar-refractivity contribution in [3.63, 3.8) is 0 Å². The van der Waals surface area contributed by atoms with Crippen molar-refractivity contribution in [2.24, 2.45) is 5.73 Å². The first-order valence-corrected chi connectivity index (χ1v) is 8.96. The Morgan fingerprint density at radius 1 is 1.35 bits per heavy atom. The first kappa shape index (κ1) is 18.1. The van der Waals surface area contributed by atoms with Gasteiger partial charge in [0.25, 0.3) is 0 Å². The number of nitrogens with two attached hydrogens (primary N) is 1. The highest BCUT2D eigenvalue weighted by atomic mass is 35.5. The van der Waals surface area contributed by atoms with Crippen molar-refractivity contribution in [3.05, 3.63) is 36.0 Å². The van der Waals surface area contributed by atoms with E-state index in [2.05, 4.69) is 4.98 Å². The van der Waals surface area contributed by atoms with Gasteiger partial charge in [-0.25, -0.2) is 8.42 Å². The van der Waals surface area contributed by atoms with E-state index in [1.54, 1.807) is 22.6 Å². The number of sulfonamides is 1. The molecule has 2 N–H and O–H groups in total. The zero-order chi connectivity index (χ0) is 15.9. The smallest absolute Gasteiger partial charge is 0.245 e. The van der Waals surface area contributed by atoms with Crippen molar-refractivity contribution in [1.29, 1.82) is 0 Å². The highest BCUT2D eigenvalue weighted by Crippen LogP contribution is 2.29. The fraction of sp³-hybridized carbons (Fsp3) is 0.438. The summed E-state index contributed by atoms with van der Waals surface area (Å²) in [6, 6.07) is 7.25. The maximum absolute atomic E-state index is 13.0. The van der Waals surface area contributed by atoms with Gasteiger partial charge in [0.1, 0.15) is 4.90 Å². The van der Waals surface area contributed by atoms with Crippen molar-refractivity contribution < 1.29 is 8.42 Å². The number of hydrogen-bond acceptors (Lipinski definition) is 4. The van der Waals surface area contributed by atoms with Crippen molar-refractivity contribution in [2.45, 2.75) is 43.7 Å². The minimum atomic E-state index is -3.56. The number of hydrogen-bond donors (Lipinski definition) is 1. The number of pyridine rings is 1. The predicted molar refractivity (Wildman–Crippen MR) is 94.3 cm³/mol. The predicted octanol–water partition coefficient (Wildman–Crippen LogP) is 2.47. The SMILES string of the molecule is Cc1cnc2c(S(=O)(=O)N3CCC(N)CC3C)cccc2c1.Cl. The second kappa shape index (κ2) is 6.73. The molecule has 0 bridgehead atoms. The van der Waals surface area contributed by atoms with Crippen LogP contribution >= 0.6 is 12.4 Å². The van der Waals surface area contributed by atoms with Gasteiger partial charge >= 0.3 is 0 Å². The van der Waals surface area contributed by atoms with Crippen LogP contribution in [0.15, 0.2) is 35.4 Å². The summed E-state index contributed by atoms with van der Waals surface area (Å²) in [5, 5.41) is 0.849. The number of piperidine rings is 1. The molecule has 126 valence electrons. The largest absolute Gasteiger partial charge is 0.328 e. The molecule has 1 aliphatic rings. The van der Waals surface area contributed by atoms with Crippen LogP contribution in [0, 0.1) is 6.92 Å². The van der Waals surface area contributed by atoms with Gasteiger partial charge in [0, 0.05) is 30.2 Å². The van der Waals surface area contributed by atoms with E-state index in [1.807, 2.05) is 26.0 Å². The highest BCUT2D eigenvalue weighted by Gasteiger charge is 2.34. The second-order valence-electron chi connectivity index (χ2n) is 6.09. The molecule has 0 saturated carbocycles. The van der Waals surface area contributed by atoms with Crippen LogP contribution in [0.2, 0.25) is 0 Å². The van der Waals surface area contributed by atoms with E-state index in [9.17, 15) is 8.42 Å². The third-order valence-corrected chi connectivity index (χ3v) is 6.30. The van der Waals surface area contributed by atoms with E-state index in [0.717, 1.165) is 10.9 Å². The molecule has 1 aromatic heterocycles. The highest BCUT2D eigenvalue weighted by molar-refractivity contribution is 7.89. The molecule has 0 spiro atoms. The normalized spacial score (nSPS) is 22.7. The Bertz CT molecular complexity index is 810. The maximum Gasteiger partial charge on any atom is 0.245 e. The molecule has 1 fully saturated rings. The lowest BCUT2D eigenvalue weighted by Crippen LogP contribution is -2.48. The number of rotatable bonds is 2. The van der Waals surface area contributed by atoms with Crippen LogP contribution in [0.25, 0.3) is 10.9 Å². The number of aromatic nitrogens is 1. The average molecular weight is 356 g/mol. The van der Waals surface area contributed by atoms with E-state index in [-0.39, 0.29) is 29.4 Å². The molecule has 0 amide bonds. The fourth-order valence-electron chi connectivity index (χ4n) is 3.12. The summed E-state index contributed by atoms with van der Waals surface area (Å²) in [4.78, 5) is 4.64. The molecule has 2 atom stereocenters. The van der Waals surface area contributed by atoms with Crippen molar-refractivity contribution in [1.82, 2.24) is 9.29 Å². The Morgan fingerprint density at radius 3 is 2.78 bits per heavy atom. The first-order valence-electron chi connectivity index (χ1n) is 7.52. The minimum Gasteiger partial charge on any atom is -0.328 e. The number of benzene rings is 1. The van der Waals surface area contributed by atoms with E-state index in [4.69, 9.17) is 5.73 Å². The summed E-state index contributed by atoms with van der Waals surface area (Å²) in [5.74, 6) is 0. The Labute approximate surface area is 143 Å². The van der Waals surface area contributed by atoms with Crippen LogP contribution in [-0.2, 0) is 10.0 Å². The molecule has 2 aromatic rings. The molecule has 0 radical (unpaired) electrons. The molecular formula is C16H22ClN3O2S. The summed E-state index contributed by atoms with van der Waals surface area (Å²) in [7, 11) is -3.56. The second-order valence-corrected chi connectivity index (χ2v) is 7.95. The quantitative estimate of drug-likeness (QED) is 0.897. The maximum atomic E-state index is 13.0. The molecule has 23 heavy (non-hydrogen) atoms. The summed E-state index contributed by atoms with van der Waals surface area (Å²) >= 11 is 0. The summed E-state index contributed by atoms with van der Waals surface area (Å²) in [6.07, 6.45) is 3.09. The van der Waals surface area contributed by atoms with Crippen LogP contribution in [0.5, 0.6) is 0 Å². The third-order valence-electron chi connectivity index (χ3n) is 4.25. The first-order chi connectivity index (χ1) is 10.4. The lowest BCUT2D eigenvalue weighted by Gasteiger charge is -2.35. The molecule has 1 saturated heterocycles. The Kier molecular flexibility index (Phi) is 5.30. The molecule has 5 nitrogen and oxygen atoms in total. The number of aryl methyl sites for hydroxylation is 1. The lowest BCUT2D eigenvalue weighted by atomic mass is 10.0. The zero-order valence-corrected chi connectivity index (χ0v) is 14.9. The Balaban J connectivity index is 0.00000192. The van der Waals surface area contributed by atoms with E-state index < -0.39 is 10.0 Å². The van der Waals surface area contributed by atoms with Crippen LogP contribution in [0.1, 0.15) is 25.3 Å². The van der Waals surface area contributed by atoms with Crippen molar-refractivity contribution in [2.75, 3.05) is 6.54 Å². The fourth-order valence-corrected chi connectivity index (χ4v) is 4.95. The Morgan fingerprint density at radius 2 is 2.09 bits per heavy atom. The molecule has 0 aliphatic carbocycles. The van der Waals surface area contributed by atoms with Gasteiger partial charge in [0.15, 0.2) is 0 Å². The molecule has 7 heteroatoms. The molecule has 2 unspecified atom stereocenters. The number of halogens is 1. The summed E-state index contributed by atoms with van der Waals surface area (Å²) in [5.41, 5.74) is 7.49. The summed E-state index contributed by atoms with van der Waals surface area (Å²) < 4.78 is 27.7. The van der Waals surface area contributed by atoms with Crippen LogP contribution in [0.3, 0.4) is 0 Å². The van der Waals surface area contributed by atoms with Gasteiger partial charge in [-0.15, -0.1) is 12.4 Å². The standard InChI is InChI=1S/C16H21N3O2S.ClH/c1-11-8-13-4-3-5-15(16(13)18-10-11)22(20,21)19-7-6-14(17)9-12(19)2;/h3-5,8,10,12,14H,6-7,9,17H2,1-2H3;1H. The van der Waals surface area contributed by atoms with E-state index >= 15 is 0 Å². The van der Waals surface area contributed by atoms with Gasteiger partial charge in [-0.3, -0.25) is 4.98 Å². The summed E-state index contributed by atoms with van der Waals surface area (Å²) in [6.45, 7) is 4.33. The number of nitrogens with zero attached hydrogens (tertiary/aromatic N) is 2. The average Bonchev–Trinajstić information content (AvgIpc) is 2.45. The zero-order valence-electron chi connectivity index (χ0n) is 13.3. The molecule has 1 aromatic carbocycles. The molecule has 1 aliphatic heterocycles. The van der Waals surface area contributed by atoms with Crippen molar-refractivity contribution >= 4 is 33.3 Å². The number of fused-ring (bicyclic) bond motifs is 1. The molecule has 2 heterocycles. The van der Waals surface area contributed by atoms with E-state index in [0.29, 0.717) is 24.9 Å². The van der Waals surface area contributed by atoms with Crippen molar-refractivity contribution in [3.8, 4) is 0 Å². The topological polar surface area (TPSA) is 76.3 Å². The molecular weight excluding hydrogens is 334 g/mol. The van der Waals surface area contributed by atoms with Crippen LogP contribution < -0.4 is 5.73 Å². The van der Waals surface area contributed by atoms with E-state index in [1.165, 1.54) is 0 Å².